The third kappa shape index (κ3) is 27.7. The zero-order valence-corrected chi connectivity index (χ0v) is 23.4. The lowest BCUT2D eigenvalue weighted by molar-refractivity contribution is -0.134. The molecule has 0 heterocycles. The van der Waals surface area contributed by atoms with Crippen LogP contribution in [0.1, 0.15) is 168 Å². The monoisotopic (exact) mass is 466 g/mol. The van der Waals surface area contributed by atoms with E-state index in [2.05, 4.69) is 20.8 Å². The van der Waals surface area contributed by atoms with Gasteiger partial charge in [-0.15, -0.1) is 0 Å². The Balaban J connectivity index is 3.14. The van der Waals surface area contributed by atoms with Gasteiger partial charge in [0.1, 0.15) is 0 Å². The van der Waals surface area contributed by atoms with Crippen LogP contribution in [0.2, 0.25) is 6.04 Å². The summed E-state index contributed by atoms with van der Waals surface area (Å²) in [4.78, 5) is 11.8. The van der Waals surface area contributed by atoms with E-state index in [1.54, 1.807) is 0 Å². The predicted molar refractivity (Wildman–Crippen MR) is 143 cm³/mol. The van der Waals surface area contributed by atoms with Crippen LogP contribution in [0.15, 0.2) is 0 Å². The Morgan fingerprint density at radius 3 is 1.47 bits per heavy atom. The van der Waals surface area contributed by atoms with Gasteiger partial charge < -0.3 is 4.43 Å². The minimum atomic E-state index is 0.0335. The first kappa shape index (κ1) is 31.7. The molecule has 0 aliphatic rings. The Bertz CT molecular complexity index is 370. The number of carbonyl (C=O) groups excluding carboxylic acids is 1. The smallest absolute Gasteiger partial charge is 0.314 e. The summed E-state index contributed by atoms with van der Waals surface area (Å²) >= 11 is 0. The molecule has 0 amide bonds. The van der Waals surface area contributed by atoms with Gasteiger partial charge in [-0.05, 0) is 18.4 Å². The Morgan fingerprint density at radius 2 is 1.00 bits per heavy atom. The number of rotatable bonds is 26. The third-order valence-electron chi connectivity index (χ3n) is 6.48. The van der Waals surface area contributed by atoms with E-state index in [1.165, 1.54) is 135 Å². The Kier molecular flexibility index (Phi) is 26.7. The molecule has 2 nitrogen and oxygen atoms in total. The van der Waals surface area contributed by atoms with Crippen molar-refractivity contribution in [3.8, 4) is 0 Å². The fourth-order valence-electron chi connectivity index (χ4n) is 4.28. The summed E-state index contributed by atoms with van der Waals surface area (Å²) in [5, 5.41) is 0. The van der Waals surface area contributed by atoms with Crippen molar-refractivity contribution in [2.75, 3.05) is 0 Å². The molecule has 0 aliphatic carbocycles. The van der Waals surface area contributed by atoms with E-state index in [-0.39, 0.29) is 5.97 Å². The zero-order valence-electron chi connectivity index (χ0n) is 22.4. The van der Waals surface area contributed by atoms with E-state index >= 15 is 0 Å². The number of hydrogen-bond donors (Lipinski definition) is 0. The normalized spacial score (nSPS) is 11.4. The van der Waals surface area contributed by atoms with Gasteiger partial charge in [0.2, 0.25) is 0 Å². The van der Waals surface area contributed by atoms with E-state index in [0.717, 1.165) is 18.4 Å². The van der Waals surface area contributed by atoms with Crippen LogP contribution in [0.5, 0.6) is 0 Å². The van der Waals surface area contributed by atoms with Crippen LogP contribution < -0.4 is 0 Å². The number of hydrogen-bond acceptors (Lipinski definition) is 2. The first-order valence-electron chi connectivity index (χ1n) is 14.6. The van der Waals surface area contributed by atoms with Crippen molar-refractivity contribution in [2.45, 2.75) is 174 Å². The molecule has 0 aromatic carbocycles. The van der Waals surface area contributed by atoms with E-state index in [0.29, 0.717) is 16.2 Å². The highest BCUT2D eigenvalue weighted by Gasteiger charge is 2.04. The summed E-state index contributed by atoms with van der Waals surface area (Å²) in [6, 6.07) is 1.07. The fourth-order valence-corrected chi connectivity index (χ4v) is 5.04. The number of carbonyl (C=O) groups is 1. The van der Waals surface area contributed by atoms with Gasteiger partial charge >= 0.3 is 9.76 Å². The summed E-state index contributed by atoms with van der Waals surface area (Å²) < 4.78 is 5.40. The van der Waals surface area contributed by atoms with Crippen LogP contribution in [0.4, 0.5) is 0 Å². The zero-order chi connectivity index (χ0) is 23.5. The largest absolute Gasteiger partial charge is 0.516 e. The Labute approximate surface area is 205 Å². The first-order chi connectivity index (χ1) is 15.7. The minimum absolute atomic E-state index is 0.0335. The van der Waals surface area contributed by atoms with Crippen molar-refractivity contribution in [1.29, 1.82) is 0 Å². The second kappa shape index (κ2) is 26.9. The highest BCUT2D eigenvalue weighted by molar-refractivity contribution is 6.30. The van der Waals surface area contributed by atoms with Crippen LogP contribution in [-0.4, -0.2) is 15.7 Å². The molecular formula is C29H58O2Si. The van der Waals surface area contributed by atoms with Crippen molar-refractivity contribution >= 4 is 15.7 Å². The molecule has 0 bridgehead atoms. The van der Waals surface area contributed by atoms with Gasteiger partial charge in [0.05, 0.1) is 0 Å². The quantitative estimate of drug-likeness (QED) is 0.0935. The predicted octanol–water partition coefficient (Wildman–Crippen LogP) is 10.2. The molecule has 0 aromatic rings. The van der Waals surface area contributed by atoms with Crippen LogP contribution in [0.25, 0.3) is 0 Å². The van der Waals surface area contributed by atoms with Crippen LogP contribution in [0, 0.1) is 5.92 Å². The maximum Gasteiger partial charge on any atom is 0.314 e. The second-order valence-electron chi connectivity index (χ2n) is 10.4. The first-order valence-corrected chi connectivity index (χ1v) is 15.7. The molecule has 0 atom stereocenters. The van der Waals surface area contributed by atoms with E-state index in [4.69, 9.17) is 4.43 Å². The van der Waals surface area contributed by atoms with Gasteiger partial charge in [-0.2, -0.15) is 0 Å². The lowest BCUT2D eigenvalue weighted by Gasteiger charge is -2.05. The molecule has 0 aliphatic heterocycles. The molecule has 0 N–H and O–H groups in total. The maximum atomic E-state index is 11.8. The molecule has 0 fully saturated rings. The topological polar surface area (TPSA) is 26.3 Å². The van der Waals surface area contributed by atoms with Crippen molar-refractivity contribution < 1.29 is 9.22 Å². The molecular weight excluding hydrogens is 408 g/mol. The van der Waals surface area contributed by atoms with E-state index in [9.17, 15) is 4.79 Å². The molecule has 0 spiro atoms. The second-order valence-corrected chi connectivity index (χ2v) is 11.4. The molecule has 3 heteroatoms. The molecule has 0 unspecified atom stereocenters. The summed E-state index contributed by atoms with van der Waals surface area (Å²) in [5.74, 6) is 0.910. The third-order valence-corrected chi connectivity index (χ3v) is 7.41. The van der Waals surface area contributed by atoms with E-state index < -0.39 is 0 Å². The Morgan fingerprint density at radius 1 is 0.594 bits per heavy atom. The van der Waals surface area contributed by atoms with Crippen LogP contribution in [0.3, 0.4) is 0 Å². The van der Waals surface area contributed by atoms with Gasteiger partial charge in [0.15, 0.2) is 0 Å². The highest BCUT2D eigenvalue weighted by Crippen LogP contribution is 2.15. The van der Waals surface area contributed by atoms with Gasteiger partial charge in [0.25, 0.3) is 5.97 Å². The summed E-state index contributed by atoms with van der Waals surface area (Å²) in [5.41, 5.74) is 0. The molecule has 0 rings (SSSR count). The van der Waals surface area contributed by atoms with Gasteiger partial charge in [0, 0.05) is 6.42 Å². The average molecular weight is 467 g/mol. The maximum absolute atomic E-state index is 11.8. The summed E-state index contributed by atoms with van der Waals surface area (Å²) in [6.07, 6.45) is 30.4. The van der Waals surface area contributed by atoms with Crippen molar-refractivity contribution in [2.24, 2.45) is 5.92 Å². The van der Waals surface area contributed by atoms with E-state index in [1.807, 2.05) is 0 Å². The molecule has 0 aromatic heterocycles. The molecule has 32 heavy (non-hydrogen) atoms. The van der Waals surface area contributed by atoms with Crippen molar-refractivity contribution in [3.05, 3.63) is 0 Å². The van der Waals surface area contributed by atoms with Crippen LogP contribution >= 0.6 is 0 Å². The fraction of sp³-hybridized carbons (Fsp3) is 0.966. The number of unbranched alkanes of at least 4 members (excludes halogenated alkanes) is 19. The Hall–Kier alpha value is -0.313. The van der Waals surface area contributed by atoms with Gasteiger partial charge in [-0.25, -0.2) is 0 Å². The van der Waals surface area contributed by atoms with Crippen LogP contribution in [-0.2, 0) is 9.22 Å². The van der Waals surface area contributed by atoms with Crippen molar-refractivity contribution in [3.63, 3.8) is 0 Å². The molecule has 190 valence electrons. The molecule has 0 saturated heterocycles. The van der Waals surface area contributed by atoms with Gasteiger partial charge in [-0.3, -0.25) is 4.79 Å². The lowest BCUT2D eigenvalue weighted by atomic mass is 10.0. The van der Waals surface area contributed by atoms with Crippen molar-refractivity contribution in [1.82, 2.24) is 0 Å². The standard InChI is InChI=1S/C29H58O2Si/c1-4-5-6-7-18-21-24-27-32-31-29(30)26-23-20-17-15-13-11-9-8-10-12-14-16-19-22-25-28(2)3/h28H,4-27H2,1-3H3. The minimum Gasteiger partial charge on any atom is -0.516 e. The van der Waals surface area contributed by atoms with Gasteiger partial charge in [-0.1, -0.05) is 156 Å². The summed E-state index contributed by atoms with van der Waals surface area (Å²) in [7, 11) is 0.385. The average Bonchev–Trinajstić information content (AvgIpc) is 2.77. The highest BCUT2D eigenvalue weighted by atomic mass is 28.2. The molecule has 2 radical (unpaired) electrons. The molecule has 0 saturated carbocycles. The summed E-state index contributed by atoms with van der Waals surface area (Å²) in [6.45, 7) is 6.92. The lowest BCUT2D eigenvalue weighted by Crippen LogP contribution is -2.08. The SMILES string of the molecule is CCCCCCCCC[Si]OC(=O)CCCCCCCCCCCCCCCCC(C)C.